The Hall–Kier alpha value is -1.27. The topological polar surface area (TPSA) is 72.2 Å². The van der Waals surface area contributed by atoms with Crippen LogP contribution < -0.4 is 5.32 Å². The minimum Gasteiger partial charge on any atom is -0.314 e. The molecule has 0 aliphatic rings. The summed E-state index contributed by atoms with van der Waals surface area (Å²) in [4.78, 5) is 10.8. The molecule has 6 heteroatoms. The van der Waals surface area contributed by atoms with Crippen LogP contribution in [-0.4, -0.2) is 27.5 Å². The number of hydrogen-bond donors (Lipinski definition) is 1. The number of nitrogens with zero attached hydrogens (tertiary/aromatic N) is 1. The molecule has 0 spiro atoms. The van der Waals surface area contributed by atoms with Gasteiger partial charge >= 0.3 is 0 Å². The van der Waals surface area contributed by atoms with E-state index in [1.807, 2.05) is 0 Å². The molecular weight excluding hydrogens is 276 g/mol. The van der Waals surface area contributed by atoms with E-state index < -0.39 is 15.7 Å². The molecule has 20 heavy (non-hydrogen) atoms. The fraction of sp³-hybridized carbons (Fsp3) is 0.571. The molecule has 1 aromatic carbocycles. The lowest BCUT2D eigenvalue weighted by Crippen LogP contribution is -2.28. The molecule has 2 unspecified atom stereocenters. The van der Waals surface area contributed by atoms with E-state index in [-0.39, 0.29) is 5.69 Å². The molecule has 0 aliphatic heterocycles. The van der Waals surface area contributed by atoms with E-state index in [1.54, 1.807) is 12.1 Å². The van der Waals surface area contributed by atoms with Gasteiger partial charge in [-0.25, -0.2) is 0 Å². The van der Waals surface area contributed by atoms with Gasteiger partial charge in [0.05, 0.1) is 15.7 Å². The zero-order chi connectivity index (χ0) is 15.0. The largest absolute Gasteiger partial charge is 0.314 e. The maximum atomic E-state index is 12.1. The Morgan fingerprint density at radius 2 is 1.95 bits per heavy atom. The van der Waals surface area contributed by atoms with Gasteiger partial charge < -0.3 is 5.32 Å². The number of nitrogens with one attached hydrogen (secondary N) is 1. The van der Waals surface area contributed by atoms with Crippen molar-refractivity contribution in [3.8, 4) is 0 Å². The third-order valence-corrected chi connectivity index (χ3v) is 4.64. The summed E-state index contributed by atoms with van der Waals surface area (Å²) in [5.41, 5.74) is 0.0314. The van der Waals surface area contributed by atoms with Crippen LogP contribution in [0.2, 0.25) is 0 Å². The van der Waals surface area contributed by atoms with Crippen LogP contribution in [0.15, 0.2) is 29.2 Å². The Bertz CT molecular complexity index is 448. The van der Waals surface area contributed by atoms with Crippen LogP contribution in [0.25, 0.3) is 0 Å². The summed E-state index contributed by atoms with van der Waals surface area (Å²) in [5.74, 6) is 0.597. The van der Waals surface area contributed by atoms with Gasteiger partial charge in [0.25, 0.3) is 5.69 Å². The Morgan fingerprint density at radius 3 is 2.45 bits per heavy atom. The maximum absolute atomic E-state index is 12.1. The van der Waals surface area contributed by atoms with E-state index in [2.05, 4.69) is 19.2 Å². The van der Waals surface area contributed by atoms with E-state index in [4.69, 9.17) is 0 Å². The van der Waals surface area contributed by atoms with Crippen molar-refractivity contribution < 1.29 is 9.13 Å². The second-order valence-electron chi connectivity index (χ2n) is 4.61. The molecule has 0 radical (unpaired) electrons. The van der Waals surface area contributed by atoms with Crippen molar-refractivity contribution in [1.82, 2.24) is 5.32 Å². The van der Waals surface area contributed by atoms with E-state index in [9.17, 15) is 14.3 Å². The Balaban J connectivity index is 2.44. The molecule has 0 saturated heterocycles. The monoisotopic (exact) mass is 298 g/mol. The summed E-state index contributed by atoms with van der Waals surface area (Å²) in [7, 11) is -1.08. The number of nitro groups is 1. The smallest absolute Gasteiger partial charge is 0.269 e. The third-order valence-electron chi connectivity index (χ3n) is 3.18. The second kappa shape index (κ2) is 8.81. The molecule has 0 saturated carbocycles. The molecule has 1 N–H and O–H groups in total. The van der Waals surface area contributed by atoms with Gasteiger partial charge in [-0.15, -0.1) is 0 Å². The minimum absolute atomic E-state index is 0.0314. The normalized spacial score (nSPS) is 13.9. The highest BCUT2D eigenvalue weighted by Gasteiger charge is 2.10. The van der Waals surface area contributed by atoms with Crippen molar-refractivity contribution in [2.75, 3.05) is 12.3 Å². The van der Waals surface area contributed by atoms with E-state index in [1.165, 1.54) is 12.1 Å². The summed E-state index contributed by atoms with van der Waals surface area (Å²) in [6.07, 6.45) is 2.95. The van der Waals surface area contributed by atoms with Gasteiger partial charge in [0.15, 0.2) is 0 Å². The predicted octanol–water partition coefficient (Wildman–Crippen LogP) is 2.87. The molecule has 1 rings (SSSR count). The number of nitro benzene ring substituents is 1. The van der Waals surface area contributed by atoms with Gasteiger partial charge in [-0.2, -0.15) is 0 Å². The molecule has 0 aliphatic carbocycles. The van der Waals surface area contributed by atoms with Crippen LogP contribution in [0.1, 0.15) is 33.1 Å². The summed E-state index contributed by atoms with van der Waals surface area (Å²) < 4.78 is 12.1. The lowest BCUT2D eigenvalue weighted by atomic mass is 10.1. The maximum Gasteiger partial charge on any atom is 0.269 e. The van der Waals surface area contributed by atoms with Crippen LogP contribution in [0.4, 0.5) is 5.69 Å². The first-order chi connectivity index (χ1) is 9.58. The zero-order valence-electron chi connectivity index (χ0n) is 12.0. The van der Waals surface area contributed by atoms with E-state index in [0.29, 0.717) is 16.7 Å². The molecule has 0 amide bonds. The SMILES string of the molecule is CCNC(CC)CCCS(=O)c1ccc([N+](=O)[O-])cc1. The van der Waals surface area contributed by atoms with Crippen molar-refractivity contribution in [2.45, 2.75) is 44.0 Å². The highest BCUT2D eigenvalue weighted by atomic mass is 32.2. The van der Waals surface area contributed by atoms with Gasteiger partial charge in [0.1, 0.15) is 0 Å². The van der Waals surface area contributed by atoms with Crippen molar-refractivity contribution >= 4 is 16.5 Å². The predicted molar refractivity (Wildman–Crippen MR) is 81.4 cm³/mol. The summed E-state index contributed by atoms with van der Waals surface area (Å²) in [5, 5.41) is 13.9. The first-order valence-corrected chi connectivity index (χ1v) is 8.26. The Labute approximate surface area is 122 Å². The Morgan fingerprint density at radius 1 is 1.30 bits per heavy atom. The summed E-state index contributed by atoms with van der Waals surface area (Å²) in [6.45, 7) is 5.17. The van der Waals surface area contributed by atoms with Crippen LogP contribution >= 0.6 is 0 Å². The van der Waals surface area contributed by atoms with Crippen molar-refractivity contribution in [2.24, 2.45) is 0 Å². The molecule has 0 aromatic heterocycles. The van der Waals surface area contributed by atoms with Gasteiger partial charge in [-0.3, -0.25) is 14.3 Å². The summed E-state index contributed by atoms with van der Waals surface area (Å²) >= 11 is 0. The van der Waals surface area contributed by atoms with Crippen LogP contribution in [-0.2, 0) is 10.8 Å². The molecule has 0 bridgehead atoms. The molecule has 112 valence electrons. The van der Waals surface area contributed by atoms with Crippen molar-refractivity contribution in [3.05, 3.63) is 34.4 Å². The molecule has 5 nitrogen and oxygen atoms in total. The van der Waals surface area contributed by atoms with E-state index >= 15 is 0 Å². The van der Waals surface area contributed by atoms with Crippen LogP contribution in [0, 0.1) is 10.1 Å². The number of non-ortho nitro benzene ring substituents is 1. The lowest BCUT2D eigenvalue weighted by Gasteiger charge is -2.15. The highest BCUT2D eigenvalue weighted by Crippen LogP contribution is 2.15. The minimum atomic E-state index is -1.08. The van der Waals surface area contributed by atoms with Gasteiger partial charge in [0, 0.05) is 28.8 Å². The Kier molecular flexibility index (Phi) is 7.40. The number of rotatable bonds is 9. The first kappa shape index (κ1) is 16.8. The standard InChI is InChI=1S/C14H22N2O3S/c1-3-12(15-4-2)6-5-11-20(19)14-9-7-13(8-10-14)16(17)18/h7-10,12,15H,3-6,11H2,1-2H3. The van der Waals surface area contributed by atoms with Crippen LogP contribution in [0.3, 0.4) is 0 Å². The first-order valence-electron chi connectivity index (χ1n) is 6.94. The van der Waals surface area contributed by atoms with Gasteiger partial charge in [0.2, 0.25) is 0 Å². The average Bonchev–Trinajstić information content (AvgIpc) is 2.46. The molecular formula is C14H22N2O3S. The summed E-state index contributed by atoms with van der Waals surface area (Å²) in [6, 6.07) is 6.45. The molecule has 0 heterocycles. The zero-order valence-corrected chi connectivity index (χ0v) is 12.8. The van der Waals surface area contributed by atoms with Gasteiger partial charge in [-0.1, -0.05) is 13.8 Å². The second-order valence-corrected chi connectivity index (χ2v) is 6.18. The molecule has 0 fully saturated rings. The van der Waals surface area contributed by atoms with E-state index in [0.717, 1.165) is 25.8 Å². The molecule has 2 atom stereocenters. The highest BCUT2D eigenvalue weighted by molar-refractivity contribution is 7.85. The quantitative estimate of drug-likeness (QED) is 0.562. The average molecular weight is 298 g/mol. The number of benzene rings is 1. The molecule has 1 aromatic rings. The van der Waals surface area contributed by atoms with Gasteiger partial charge in [-0.05, 0) is 37.9 Å². The van der Waals surface area contributed by atoms with Crippen molar-refractivity contribution in [3.63, 3.8) is 0 Å². The fourth-order valence-electron chi connectivity index (χ4n) is 2.04. The third kappa shape index (κ3) is 5.38. The van der Waals surface area contributed by atoms with Crippen LogP contribution in [0.5, 0.6) is 0 Å². The van der Waals surface area contributed by atoms with Crippen molar-refractivity contribution in [1.29, 1.82) is 0 Å². The fourth-order valence-corrected chi connectivity index (χ4v) is 3.14. The number of hydrogen-bond acceptors (Lipinski definition) is 4. The lowest BCUT2D eigenvalue weighted by molar-refractivity contribution is -0.384.